The summed E-state index contributed by atoms with van der Waals surface area (Å²) in [5.74, 6) is 0.569. The van der Waals surface area contributed by atoms with E-state index in [1.165, 1.54) is 25.0 Å². The van der Waals surface area contributed by atoms with E-state index in [0.717, 1.165) is 0 Å². The molecular weight excluding hydrogens is 162 g/mol. The monoisotopic (exact) mass is 175 g/mol. The van der Waals surface area contributed by atoms with Crippen LogP contribution in [0.25, 0.3) is 0 Å². The molecule has 13 heavy (non-hydrogen) atoms. The number of hydrogen-bond acceptors (Lipinski definition) is 2. The van der Waals surface area contributed by atoms with Gasteiger partial charge in [-0.1, -0.05) is 6.07 Å². The molecule has 0 aromatic carbocycles. The fraction of sp³-hybridized carbons (Fsp3) is 0.545. The van der Waals surface area contributed by atoms with Crippen LogP contribution in [0.4, 0.5) is 0 Å². The predicted molar refractivity (Wildman–Crippen MR) is 49.5 cm³/mol. The van der Waals surface area contributed by atoms with Crippen LogP contribution in [0.5, 0.6) is 0 Å². The molecule has 2 aliphatic heterocycles. The summed E-state index contributed by atoms with van der Waals surface area (Å²) in [5, 5.41) is 0. The lowest BCUT2D eigenvalue weighted by molar-refractivity contribution is 0.100. The topological polar surface area (TPSA) is 22.1 Å². The summed E-state index contributed by atoms with van der Waals surface area (Å²) in [4.78, 5) is 4.40. The average Bonchev–Trinajstić information content (AvgIpc) is 2.80. The molecule has 2 heteroatoms. The van der Waals surface area contributed by atoms with Crippen LogP contribution >= 0.6 is 0 Å². The van der Waals surface area contributed by atoms with Crippen molar-refractivity contribution in [2.45, 2.75) is 37.4 Å². The minimum atomic E-state index is 0.458. The first-order valence-electron chi connectivity index (χ1n) is 5.00. The standard InChI is InChI=1S/C11H13NO/c1-2-6-12-10(3-1)9-7-8-4-5-11(9)13-8/h1-3,6,8-9,11H,4-5,7H2/t8-,9-,11+/m0/s1. The second-order valence-electron chi connectivity index (χ2n) is 3.97. The van der Waals surface area contributed by atoms with Gasteiger partial charge in [-0.2, -0.15) is 0 Å². The highest BCUT2D eigenvalue weighted by atomic mass is 16.5. The molecule has 68 valence electrons. The summed E-state index contributed by atoms with van der Waals surface area (Å²) < 4.78 is 5.80. The highest BCUT2D eigenvalue weighted by Gasteiger charge is 2.41. The zero-order chi connectivity index (χ0) is 8.67. The van der Waals surface area contributed by atoms with Crippen LogP contribution in [-0.2, 0) is 4.74 Å². The van der Waals surface area contributed by atoms with Gasteiger partial charge in [-0.15, -0.1) is 0 Å². The first kappa shape index (κ1) is 7.51. The molecule has 0 unspecified atom stereocenters. The van der Waals surface area contributed by atoms with Crippen molar-refractivity contribution in [1.29, 1.82) is 0 Å². The number of aromatic nitrogens is 1. The number of pyridine rings is 1. The molecule has 0 radical (unpaired) electrons. The van der Waals surface area contributed by atoms with Gasteiger partial charge >= 0.3 is 0 Å². The van der Waals surface area contributed by atoms with Gasteiger partial charge in [0.05, 0.1) is 12.2 Å². The quantitative estimate of drug-likeness (QED) is 0.652. The summed E-state index contributed by atoms with van der Waals surface area (Å²) in [7, 11) is 0. The molecule has 2 bridgehead atoms. The Morgan fingerprint density at radius 3 is 2.92 bits per heavy atom. The lowest BCUT2D eigenvalue weighted by Gasteiger charge is -2.17. The molecule has 1 aromatic rings. The highest BCUT2D eigenvalue weighted by molar-refractivity contribution is 5.15. The van der Waals surface area contributed by atoms with Crippen molar-refractivity contribution in [3.05, 3.63) is 30.1 Å². The fourth-order valence-electron chi connectivity index (χ4n) is 2.54. The first-order valence-corrected chi connectivity index (χ1v) is 5.00. The maximum atomic E-state index is 5.80. The van der Waals surface area contributed by atoms with Crippen LogP contribution in [0.15, 0.2) is 24.4 Å². The Morgan fingerprint density at radius 1 is 1.31 bits per heavy atom. The van der Waals surface area contributed by atoms with Crippen LogP contribution in [0.3, 0.4) is 0 Å². The molecule has 0 amide bonds. The van der Waals surface area contributed by atoms with Crippen LogP contribution in [0.2, 0.25) is 0 Å². The van der Waals surface area contributed by atoms with Gasteiger partial charge in [0.15, 0.2) is 0 Å². The first-order chi connectivity index (χ1) is 6.43. The van der Waals surface area contributed by atoms with Crippen molar-refractivity contribution < 1.29 is 4.74 Å². The average molecular weight is 175 g/mol. The molecule has 2 nitrogen and oxygen atoms in total. The Kier molecular flexibility index (Phi) is 1.62. The highest BCUT2D eigenvalue weighted by Crippen LogP contribution is 2.43. The van der Waals surface area contributed by atoms with Crippen molar-refractivity contribution in [1.82, 2.24) is 4.98 Å². The molecule has 0 N–H and O–H groups in total. The number of ether oxygens (including phenoxy) is 1. The van der Waals surface area contributed by atoms with Crippen LogP contribution in [0, 0.1) is 0 Å². The molecule has 0 saturated carbocycles. The van der Waals surface area contributed by atoms with Gasteiger partial charge in [-0.3, -0.25) is 4.98 Å². The zero-order valence-corrected chi connectivity index (χ0v) is 7.52. The molecule has 2 fully saturated rings. The van der Waals surface area contributed by atoms with E-state index in [1.807, 2.05) is 12.3 Å². The smallest absolute Gasteiger partial charge is 0.0664 e. The predicted octanol–water partition coefficient (Wildman–Crippen LogP) is 2.12. The molecule has 2 saturated heterocycles. The Bertz CT molecular complexity index is 298. The van der Waals surface area contributed by atoms with E-state index in [9.17, 15) is 0 Å². The maximum Gasteiger partial charge on any atom is 0.0664 e. The summed E-state index contributed by atoms with van der Waals surface area (Å²) >= 11 is 0. The van der Waals surface area contributed by atoms with Gasteiger partial charge in [0, 0.05) is 17.8 Å². The maximum absolute atomic E-state index is 5.80. The third-order valence-corrected chi connectivity index (χ3v) is 3.17. The molecule has 2 aliphatic rings. The number of nitrogens with zero attached hydrogens (tertiary/aromatic N) is 1. The van der Waals surface area contributed by atoms with Gasteiger partial charge in [0.2, 0.25) is 0 Å². The molecule has 3 rings (SSSR count). The minimum absolute atomic E-state index is 0.458. The molecule has 3 heterocycles. The zero-order valence-electron chi connectivity index (χ0n) is 7.52. The van der Waals surface area contributed by atoms with Crippen molar-refractivity contribution >= 4 is 0 Å². The Hall–Kier alpha value is -0.890. The van der Waals surface area contributed by atoms with Crippen molar-refractivity contribution in [3.8, 4) is 0 Å². The molecule has 0 aliphatic carbocycles. The van der Waals surface area contributed by atoms with E-state index in [1.54, 1.807) is 0 Å². The van der Waals surface area contributed by atoms with E-state index < -0.39 is 0 Å². The number of fused-ring (bicyclic) bond motifs is 2. The normalized spacial score (nSPS) is 36.8. The molecule has 3 atom stereocenters. The minimum Gasteiger partial charge on any atom is -0.374 e. The second-order valence-corrected chi connectivity index (χ2v) is 3.97. The Balaban J connectivity index is 1.87. The lowest BCUT2D eigenvalue weighted by atomic mass is 9.87. The Labute approximate surface area is 77.9 Å². The molecule has 0 spiro atoms. The largest absolute Gasteiger partial charge is 0.374 e. The SMILES string of the molecule is c1ccc([C@@H]2C[C@@H]3CC[C@H]2O3)nc1. The summed E-state index contributed by atoms with van der Waals surface area (Å²) in [5.41, 5.74) is 1.22. The van der Waals surface area contributed by atoms with Gasteiger partial charge in [0.1, 0.15) is 0 Å². The van der Waals surface area contributed by atoms with Gasteiger partial charge < -0.3 is 4.74 Å². The van der Waals surface area contributed by atoms with E-state index in [2.05, 4.69) is 17.1 Å². The fourth-order valence-corrected chi connectivity index (χ4v) is 2.54. The van der Waals surface area contributed by atoms with Gasteiger partial charge in [0.25, 0.3) is 0 Å². The van der Waals surface area contributed by atoms with Crippen LogP contribution in [-0.4, -0.2) is 17.2 Å². The van der Waals surface area contributed by atoms with Crippen molar-refractivity contribution in [2.24, 2.45) is 0 Å². The summed E-state index contributed by atoms with van der Waals surface area (Å²) in [6, 6.07) is 6.15. The summed E-state index contributed by atoms with van der Waals surface area (Å²) in [6.07, 6.45) is 6.53. The van der Waals surface area contributed by atoms with E-state index in [0.29, 0.717) is 18.1 Å². The summed E-state index contributed by atoms with van der Waals surface area (Å²) in [6.45, 7) is 0. The van der Waals surface area contributed by atoms with Gasteiger partial charge in [-0.05, 0) is 31.4 Å². The third kappa shape index (κ3) is 1.17. The second kappa shape index (κ2) is 2.81. The van der Waals surface area contributed by atoms with Crippen LogP contribution < -0.4 is 0 Å². The van der Waals surface area contributed by atoms with Crippen molar-refractivity contribution in [3.63, 3.8) is 0 Å². The Morgan fingerprint density at radius 2 is 2.31 bits per heavy atom. The molecular formula is C11H13NO. The lowest BCUT2D eigenvalue weighted by Crippen LogP contribution is -2.15. The van der Waals surface area contributed by atoms with E-state index >= 15 is 0 Å². The van der Waals surface area contributed by atoms with Gasteiger partial charge in [-0.25, -0.2) is 0 Å². The third-order valence-electron chi connectivity index (χ3n) is 3.17. The number of hydrogen-bond donors (Lipinski definition) is 0. The van der Waals surface area contributed by atoms with Crippen molar-refractivity contribution in [2.75, 3.05) is 0 Å². The van der Waals surface area contributed by atoms with E-state index in [4.69, 9.17) is 4.74 Å². The van der Waals surface area contributed by atoms with Crippen LogP contribution in [0.1, 0.15) is 30.9 Å². The molecule has 1 aromatic heterocycles. The number of rotatable bonds is 1. The van der Waals surface area contributed by atoms with E-state index in [-0.39, 0.29) is 0 Å².